The highest BCUT2D eigenvalue weighted by atomic mass is 19.4. The van der Waals surface area contributed by atoms with Gasteiger partial charge >= 0.3 is 12.1 Å². The molecule has 7 nitrogen and oxygen atoms in total. The van der Waals surface area contributed by atoms with Crippen LogP contribution in [0.15, 0.2) is 30.6 Å². The van der Waals surface area contributed by atoms with E-state index in [0.29, 0.717) is 0 Å². The number of nitrogens with zero attached hydrogens (tertiary/aromatic N) is 4. The van der Waals surface area contributed by atoms with Crippen LogP contribution in [-0.4, -0.2) is 30.9 Å². The second-order valence-corrected chi connectivity index (χ2v) is 4.54. The number of hydrogen-bond acceptors (Lipinski definition) is 5. The molecule has 0 saturated heterocycles. The minimum absolute atomic E-state index is 0.0582. The molecule has 1 aromatic heterocycles. The lowest BCUT2D eigenvalue weighted by molar-refractivity contribution is -0.394. The van der Waals surface area contributed by atoms with Crippen LogP contribution >= 0.6 is 0 Å². The maximum Gasteiger partial charge on any atom is 0.490 e. The van der Waals surface area contributed by atoms with Gasteiger partial charge in [0.25, 0.3) is 0 Å². The van der Waals surface area contributed by atoms with Gasteiger partial charge in [0.1, 0.15) is 0 Å². The van der Waals surface area contributed by atoms with Crippen LogP contribution in [0.3, 0.4) is 0 Å². The number of halogens is 3. The topological polar surface area (TPSA) is 94.1 Å². The molecule has 1 heterocycles. The zero-order chi connectivity index (χ0) is 16.3. The number of aliphatic hydroxyl groups excluding tert-OH is 1. The van der Waals surface area contributed by atoms with Crippen LogP contribution in [0.5, 0.6) is 0 Å². The van der Waals surface area contributed by atoms with E-state index in [4.69, 9.17) is 0 Å². The molecule has 2 aromatic rings. The van der Waals surface area contributed by atoms with Crippen molar-refractivity contribution in [3.63, 3.8) is 0 Å². The van der Waals surface area contributed by atoms with Crippen molar-refractivity contribution in [3.05, 3.63) is 51.8 Å². The summed E-state index contributed by atoms with van der Waals surface area (Å²) < 4.78 is 39.5. The maximum atomic E-state index is 12.8. The van der Waals surface area contributed by atoms with Crippen molar-refractivity contribution in [1.82, 2.24) is 14.8 Å². The zero-order valence-electron chi connectivity index (χ0n) is 11.1. The molecule has 0 aliphatic heterocycles. The van der Waals surface area contributed by atoms with Crippen molar-refractivity contribution in [3.8, 4) is 0 Å². The van der Waals surface area contributed by atoms with Crippen LogP contribution in [0.1, 0.15) is 11.1 Å². The van der Waals surface area contributed by atoms with Gasteiger partial charge in [0.15, 0.2) is 0 Å². The van der Waals surface area contributed by atoms with Crippen molar-refractivity contribution < 1.29 is 23.2 Å². The zero-order valence-corrected chi connectivity index (χ0v) is 11.1. The molecule has 0 aliphatic rings. The molecule has 10 heteroatoms. The van der Waals surface area contributed by atoms with Gasteiger partial charge in [-0.3, -0.25) is 0 Å². The number of benzene rings is 1. The predicted octanol–water partition coefficient (Wildman–Crippen LogP) is 1.81. The smallest absolute Gasteiger partial charge is 0.391 e. The molecule has 1 N–H and O–H groups in total. The summed E-state index contributed by atoms with van der Waals surface area (Å²) in [5.74, 6) is -0.636. The minimum atomic E-state index is -4.51. The second-order valence-electron chi connectivity index (χ2n) is 4.54. The summed E-state index contributed by atoms with van der Waals surface area (Å²) in [5.41, 5.74) is -0.879. The molecule has 2 rings (SSSR count). The lowest BCUT2D eigenvalue weighted by atomic mass is 10.0. The standard InChI is InChI=1S/C12H11F3N4O3/c13-12(14,15)10-4-2-1-3-8(10)5-9(20)6-18-7-16-11(17-18)19(21)22/h1-4,7,9,20H,5-6H2/t9-/m1/s1. The number of hydrogen-bond donors (Lipinski definition) is 1. The lowest BCUT2D eigenvalue weighted by Crippen LogP contribution is -2.21. The van der Waals surface area contributed by atoms with Crippen LogP contribution in [-0.2, 0) is 19.1 Å². The number of aromatic nitrogens is 3. The fourth-order valence-corrected chi connectivity index (χ4v) is 1.97. The maximum absolute atomic E-state index is 12.8. The van der Waals surface area contributed by atoms with Gasteiger partial charge in [-0.25, -0.2) is 0 Å². The molecule has 1 aromatic carbocycles. The Morgan fingerprint density at radius 1 is 1.36 bits per heavy atom. The minimum Gasteiger partial charge on any atom is -0.391 e. The predicted molar refractivity (Wildman–Crippen MR) is 67.8 cm³/mol. The van der Waals surface area contributed by atoms with E-state index in [1.165, 1.54) is 18.2 Å². The second kappa shape index (κ2) is 6.10. The van der Waals surface area contributed by atoms with Crippen LogP contribution in [0.2, 0.25) is 0 Å². The Hall–Kier alpha value is -2.49. The number of rotatable bonds is 5. The highest BCUT2D eigenvalue weighted by Crippen LogP contribution is 2.32. The highest BCUT2D eigenvalue weighted by molar-refractivity contribution is 5.30. The Morgan fingerprint density at radius 2 is 2.05 bits per heavy atom. The normalized spacial score (nSPS) is 13.1. The molecule has 22 heavy (non-hydrogen) atoms. The average Bonchev–Trinajstić information content (AvgIpc) is 2.86. The molecule has 0 saturated carbocycles. The molecule has 0 unspecified atom stereocenters. The van der Waals surface area contributed by atoms with Gasteiger partial charge in [0, 0.05) is 11.5 Å². The first-order valence-corrected chi connectivity index (χ1v) is 6.14. The van der Waals surface area contributed by atoms with E-state index in [2.05, 4.69) is 10.1 Å². The first kappa shape index (κ1) is 15.9. The summed E-state index contributed by atoms with van der Waals surface area (Å²) in [6.07, 6.45) is -4.92. The molecular formula is C12H11F3N4O3. The van der Waals surface area contributed by atoms with Crippen molar-refractivity contribution in [2.45, 2.75) is 25.2 Å². The van der Waals surface area contributed by atoms with Crippen molar-refractivity contribution in [2.75, 3.05) is 0 Å². The van der Waals surface area contributed by atoms with Crippen molar-refractivity contribution in [2.24, 2.45) is 0 Å². The molecule has 0 spiro atoms. The third-order valence-corrected chi connectivity index (χ3v) is 2.86. The van der Waals surface area contributed by atoms with Crippen molar-refractivity contribution >= 4 is 5.95 Å². The number of aliphatic hydroxyl groups is 1. The van der Waals surface area contributed by atoms with Crippen molar-refractivity contribution in [1.29, 1.82) is 0 Å². The third kappa shape index (κ3) is 3.79. The average molecular weight is 316 g/mol. The Kier molecular flexibility index (Phi) is 4.40. The van der Waals surface area contributed by atoms with Gasteiger partial charge in [0.05, 0.1) is 18.2 Å². The van der Waals surface area contributed by atoms with Gasteiger partial charge < -0.3 is 15.2 Å². The highest BCUT2D eigenvalue weighted by Gasteiger charge is 2.33. The molecule has 0 bridgehead atoms. The number of nitro groups is 1. The summed E-state index contributed by atoms with van der Waals surface area (Å²) >= 11 is 0. The Morgan fingerprint density at radius 3 is 2.64 bits per heavy atom. The van der Waals surface area contributed by atoms with E-state index in [-0.39, 0.29) is 18.5 Å². The van der Waals surface area contributed by atoms with Crippen LogP contribution in [0.4, 0.5) is 19.1 Å². The third-order valence-electron chi connectivity index (χ3n) is 2.86. The Balaban J connectivity index is 2.09. The van der Waals surface area contributed by atoms with E-state index in [1.54, 1.807) is 0 Å². The summed E-state index contributed by atoms with van der Waals surface area (Å²) in [5, 5.41) is 23.8. The fraction of sp³-hybridized carbons (Fsp3) is 0.333. The quantitative estimate of drug-likeness (QED) is 0.670. The fourth-order valence-electron chi connectivity index (χ4n) is 1.97. The van der Waals surface area contributed by atoms with E-state index < -0.39 is 28.7 Å². The number of alkyl halides is 3. The monoisotopic (exact) mass is 316 g/mol. The van der Waals surface area contributed by atoms with Gasteiger partial charge in [-0.05, 0) is 16.6 Å². The molecule has 0 aliphatic carbocycles. The first-order valence-electron chi connectivity index (χ1n) is 6.14. The van der Waals surface area contributed by atoms with E-state index >= 15 is 0 Å². The largest absolute Gasteiger partial charge is 0.490 e. The summed E-state index contributed by atoms with van der Waals surface area (Å²) in [6.45, 7) is -0.201. The molecule has 0 amide bonds. The van der Waals surface area contributed by atoms with E-state index in [9.17, 15) is 28.4 Å². The molecular weight excluding hydrogens is 305 g/mol. The summed E-state index contributed by atoms with van der Waals surface area (Å²) in [4.78, 5) is 13.0. The molecule has 0 radical (unpaired) electrons. The van der Waals surface area contributed by atoms with Gasteiger partial charge in [-0.2, -0.15) is 17.9 Å². The van der Waals surface area contributed by atoms with Gasteiger partial charge in [-0.1, -0.05) is 23.2 Å². The lowest BCUT2D eigenvalue weighted by Gasteiger charge is -2.15. The molecule has 118 valence electrons. The molecule has 1 atom stereocenters. The first-order chi connectivity index (χ1) is 10.3. The van der Waals surface area contributed by atoms with Crippen LogP contribution in [0.25, 0.3) is 0 Å². The van der Waals surface area contributed by atoms with Gasteiger partial charge in [-0.15, -0.1) is 0 Å². The van der Waals surface area contributed by atoms with Crippen LogP contribution < -0.4 is 0 Å². The SMILES string of the molecule is O=[N+]([O-])c1ncn(C[C@H](O)Cc2ccccc2C(F)(F)F)n1. The Bertz CT molecular complexity index is 672. The van der Waals surface area contributed by atoms with Gasteiger partial charge in [0.2, 0.25) is 6.33 Å². The summed E-state index contributed by atoms with van der Waals surface area (Å²) in [6, 6.07) is 4.91. The molecule has 0 fully saturated rings. The Labute approximate surface area is 122 Å². The van der Waals surface area contributed by atoms with Crippen LogP contribution in [0, 0.1) is 10.1 Å². The van der Waals surface area contributed by atoms with E-state index in [1.807, 2.05) is 0 Å². The van der Waals surface area contributed by atoms with E-state index in [0.717, 1.165) is 17.1 Å². The summed E-state index contributed by atoms with van der Waals surface area (Å²) in [7, 11) is 0.